The van der Waals surface area contributed by atoms with E-state index in [-0.39, 0.29) is 32.3 Å². The lowest BCUT2D eigenvalue weighted by Gasteiger charge is -2.19. The molecular weight excluding hydrogens is 565 g/mol. The van der Waals surface area contributed by atoms with Gasteiger partial charge in [-0.2, -0.15) is 0 Å². The van der Waals surface area contributed by atoms with Gasteiger partial charge in [0.15, 0.2) is 6.10 Å². The number of carbonyl (C=O) groups is 1. The number of allylic oxidation sites excluding steroid dienone is 1. The summed E-state index contributed by atoms with van der Waals surface area (Å²) in [6.45, 7) is 4.22. The van der Waals surface area contributed by atoms with Gasteiger partial charge in [-0.05, 0) is 25.3 Å². The molecule has 9 heteroatoms. The molecule has 0 radical (unpaired) electrons. The summed E-state index contributed by atoms with van der Waals surface area (Å²) < 4.78 is 32.9. The first-order valence-electron chi connectivity index (χ1n) is 17.7. The van der Waals surface area contributed by atoms with Crippen LogP contribution in [0.25, 0.3) is 0 Å². The van der Waals surface area contributed by atoms with Crippen molar-refractivity contribution in [2.24, 2.45) is 5.73 Å². The summed E-state index contributed by atoms with van der Waals surface area (Å²) in [6.07, 6.45) is 31.7. The predicted molar refractivity (Wildman–Crippen MR) is 178 cm³/mol. The number of esters is 1. The van der Waals surface area contributed by atoms with E-state index in [1.54, 1.807) is 6.26 Å². The Morgan fingerprint density at radius 1 is 0.698 bits per heavy atom. The van der Waals surface area contributed by atoms with Crippen LogP contribution in [0.15, 0.2) is 12.3 Å². The second kappa shape index (κ2) is 32.5. The van der Waals surface area contributed by atoms with Crippen molar-refractivity contribution >= 4 is 13.8 Å². The maximum absolute atomic E-state index is 12.4. The molecule has 0 spiro atoms. The van der Waals surface area contributed by atoms with Crippen molar-refractivity contribution in [3.05, 3.63) is 12.3 Å². The van der Waals surface area contributed by atoms with E-state index in [4.69, 9.17) is 24.3 Å². The van der Waals surface area contributed by atoms with Crippen LogP contribution in [0.2, 0.25) is 0 Å². The molecule has 0 aromatic heterocycles. The zero-order valence-corrected chi connectivity index (χ0v) is 28.8. The Labute approximate surface area is 264 Å². The third kappa shape index (κ3) is 32.3. The molecule has 0 saturated heterocycles. The van der Waals surface area contributed by atoms with Gasteiger partial charge >= 0.3 is 13.8 Å². The Morgan fingerprint density at radius 3 is 1.65 bits per heavy atom. The highest BCUT2D eigenvalue weighted by Gasteiger charge is 2.25. The van der Waals surface area contributed by atoms with E-state index in [0.717, 1.165) is 32.1 Å². The third-order valence-corrected chi connectivity index (χ3v) is 8.51. The van der Waals surface area contributed by atoms with Gasteiger partial charge in [0, 0.05) is 13.0 Å². The first-order valence-corrected chi connectivity index (χ1v) is 19.2. The quantitative estimate of drug-likeness (QED) is 0.0311. The molecule has 0 fully saturated rings. The van der Waals surface area contributed by atoms with Crippen molar-refractivity contribution in [1.82, 2.24) is 0 Å². The third-order valence-electron chi connectivity index (χ3n) is 7.53. The van der Waals surface area contributed by atoms with Crippen LogP contribution in [0.1, 0.15) is 168 Å². The van der Waals surface area contributed by atoms with Crippen molar-refractivity contribution in [2.75, 3.05) is 26.4 Å². The first kappa shape index (κ1) is 42.1. The van der Waals surface area contributed by atoms with Gasteiger partial charge in [0.1, 0.15) is 6.61 Å². The normalized spacial score (nSPS) is 13.8. The van der Waals surface area contributed by atoms with Crippen LogP contribution in [-0.2, 0) is 27.9 Å². The van der Waals surface area contributed by atoms with Crippen molar-refractivity contribution in [2.45, 2.75) is 174 Å². The number of hydrogen-bond acceptors (Lipinski definition) is 7. The molecule has 0 aliphatic heterocycles. The average Bonchev–Trinajstić information content (AvgIpc) is 2.99. The molecule has 0 heterocycles. The molecule has 0 aliphatic rings. The molecule has 0 bridgehead atoms. The van der Waals surface area contributed by atoms with E-state index < -0.39 is 13.9 Å². The molecule has 256 valence electrons. The summed E-state index contributed by atoms with van der Waals surface area (Å²) in [5.41, 5.74) is 5.33. The second-order valence-corrected chi connectivity index (χ2v) is 13.3. The molecular formula is C34H68NO7P. The molecule has 0 saturated carbocycles. The average molecular weight is 634 g/mol. The lowest BCUT2D eigenvalue weighted by atomic mass is 10.0. The van der Waals surface area contributed by atoms with Gasteiger partial charge in [0.2, 0.25) is 0 Å². The van der Waals surface area contributed by atoms with Crippen molar-refractivity contribution in [3.63, 3.8) is 0 Å². The molecule has 0 aliphatic carbocycles. The van der Waals surface area contributed by atoms with Crippen molar-refractivity contribution in [1.29, 1.82) is 0 Å². The monoisotopic (exact) mass is 633 g/mol. The minimum Gasteiger partial charge on any atom is -0.498 e. The van der Waals surface area contributed by atoms with Crippen LogP contribution in [-0.4, -0.2) is 43.3 Å². The molecule has 0 aromatic carbocycles. The lowest BCUT2D eigenvalue weighted by Crippen LogP contribution is -2.27. The van der Waals surface area contributed by atoms with Gasteiger partial charge in [-0.15, -0.1) is 0 Å². The summed E-state index contributed by atoms with van der Waals surface area (Å²) in [7, 11) is -4.27. The van der Waals surface area contributed by atoms with Crippen LogP contribution in [0.4, 0.5) is 0 Å². The molecule has 2 atom stereocenters. The standard InChI is InChI=1S/C34H68NO7P/c1-3-5-7-9-11-13-15-16-17-18-20-22-24-26-29-39-31-33(32-41-43(37,38)40-30-28-35)42-34(36)27-25-23-21-19-14-12-10-8-6-4-2/h26,29,33H,3-25,27-28,30-32,35H2,1-2H3,(H,37,38)/b29-26+/t33-/m1/s1. The Bertz CT molecular complexity index is 677. The maximum atomic E-state index is 12.4. The number of ether oxygens (including phenoxy) is 2. The van der Waals surface area contributed by atoms with Gasteiger partial charge in [0.25, 0.3) is 0 Å². The highest BCUT2D eigenvalue weighted by Crippen LogP contribution is 2.43. The van der Waals surface area contributed by atoms with Gasteiger partial charge < -0.3 is 20.1 Å². The zero-order chi connectivity index (χ0) is 31.7. The summed E-state index contributed by atoms with van der Waals surface area (Å²) in [5, 5.41) is 0. The fraction of sp³-hybridized carbons (Fsp3) is 0.912. The number of unbranched alkanes of at least 4 members (excludes halogenated alkanes) is 21. The second-order valence-electron chi connectivity index (χ2n) is 11.8. The molecule has 0 amide bonds. The number of rotatable bonds is 34. The zero-order valence-electron chi connectivity index (χ0n) is 28.0. The van der Waals surface area contributed by atoms with Crippen molar-refractivity contribution in [3.8, 4) is 0 Å². The Hall–Kier alpha value is -0.920. The predicted octanol–water partition coefficient (Wildman–Crippen LogP) is 9.92. The smallest absolute Gasteiger partial charge is 0.472 e. The van der Waals surface area contributed by atoms with Crippen molar-refractivity contribution < 1.29 is 32.8 Å². The van der Waals surface area contributed by atoms with E-state index >= 15 is 0 Å². The van der Waals surface area contributed by atoms with Gasteiger partial charge in [0.05, 0.1) is 19.5 Å². The van der Waals surface area contributed by atoms with E-state index in [9.17, 15) is 14.3 Å². The summed E-state index contributed by atoms with van der Waals surface area (Å²) in [5.74, 6) is -0.354. The molecule has 1 unspecified atom stereocenters. The fourth-order valence-corrected chi connectivity index (χ4v) is 5.67. The minimum absolute atomic E-state index is 0.0373. The SMILES string of the molecule is CCCCCCCCCCCCCC/C=C/OC[C@H](COP(=O)(O)OCCN)OC(=O)CCCCCCCCCCCC. The van der Waals surface area contributed by atoms with Crippen LogP contribution in [0.3, 0.4) is 0 Å². The molecule has 8 nitrogen and oxygen atoms in total. The van der Waals surface area contributed by atoms with Gasteiger partial charge in [-0.1, -0.05) is 142 Å². The lowest BCUT2D eigenvalue weighted by molar-refractivity contribution is -0.153. The maximum Gasteiger partial charge on any atom is 0.472 e. The minimum atomic E-state index is -4.27. The number of phosphoric ester groups is 1. The van der Waals surface area contributed by atoms with E-state index in [0.29, 0.717) is 6.42 Å². The topological polar surface area (TPSA) is 117 Å². The fourth-order valence-electron chi connectivity index (χ4n) is 4.90. The Balaban J connectivity index is 4.15. The van der Waals surface area contributed by atoms with Crippen LogP contribution < -0.4 is 5.73 Å². The first-order chi connectivity index (χ1) is 20.9. The number of carbonyl (C=O) groups excluding carboxylic acids is 1. The van der Waals surface area contributed by atoms with Gasteiger partial charge in [-0.25, -0.2) is 4.57 Å². The molecule has 3 N–H and O–H groups in total. The van der Waals surface area contributed by atoms with Crippen LogP contribution in [0.5, 0.6) is 0 Å². The summed E-state index contributed by atoms with van der Waals surface area (Å²) >= 11 is 0. The van der Waals surface area contributed by atoms with Crippen LogP contribution >= 0.6 is 7.82 Å². The summed E-state index contributed by atoms with van der Waals surface area (Å²) in [6, 6.07) is 0. The largest absolute Gasteiger partial charge is 0.498 e. The number of phosphoric acid groups is 1. The molecule has 0 rings (SSSR count). The van der Waals surface area contributed by atoms with E-state index in [1.807, 2.05) is 6.08 Å². The van der Waals surface area contributed by atoms with Gasteiger partial charge in [-0.3, -0.25) is 13.8 Å². The highest BCUT2D eigenvalue weighted by molar-refractivity contribution is 7.47. The van der Waals surface area contributed by atoms with E-state index in [1.165, 1.54) is 116 Å². The number of nitrogens with two attached hydrogens (primary N) is 1. The Morgan fingerprint density at radius 2 is 1.16 bits per heavy atom. The number of hydrogen-bond donors (Lipinski definition) is 2. The summed E-state index contributed by atoms with van der Waals surface area (Å²) in [4.78, 5) is 22.2. The molecule has 43 heavy (non-hydrogen) atoms. The molecule has 0 aromatic rings. The van der Waals surface area contributed by atoms with E-state index in [2.05, 4.69) is 13.8 Å². The van der Waals surface area contributed by atoms with Crippen LogP contribution in [0, 0.1) is 0 Å². The highest BCUT2D eigenvalue weighted by atomic mass is 31.2. The Kier molecular flexibility index (Phi) is 31.8.